The van der Waals surface area contributed by atoms with Crippen LogP contribution in [0.5, 0.6) is 0 Å². The lowest BCUT2D eigenvalue weighted by Crippen LogP contribution is -2.03. The van der Waals surface area contributed by atoms with Gasteiger partial charge in [0, 0.05) is 22.3 Å². The zero-order valence-electron chi connectivity index (χ0n) is 38.7. The van der Waals surface area contributed by atoms with Gasteiger partial charge in [-0.2, -0.15) is 0 Å². The van der Waals surface area contributed by atoms with E-state index in [9.17, 15) is 19.2 Å². The summed E-state index contributed by atoms with van der Waals surface area (Å²) in [5, 5.41) is 18.0. The minimum absolute atomic E-state index is 0. The third-order valence-electron chi connectivity index (χ3n) is 9.31. The molecule has 0 saturated heterocycles. The van der Waals surface area contributed by atoms with E-state index in [0.29, 0.717) is 42.1 Å². The van der Waals surface area contributed by atoms with Crippen molar-refractivity contribution >= 4 is 42.4 Å². The summed E-state index contributed by atoms with van der Waals surface area (Å²) in [6, 6.07) is 43.4. The number of allylic oxidation sites excluding steroid dienone is 3. The molecule has 378 valence electrons. The smallest absolute Gasteiger partial charge is 0.338 e. The van der Waals surface area contributed by atoms with Gasteiger partial charge in [0.05, 0.1) is 49.7 Å². The lowest BCUT2D eigenvalue weighted by atomic mass is 10.1. The third kappa shape index (κ3) is 24.1. The van der Waals surface area contributed by atoms with Gasteiger partial charge in [-0.25, -0.2) is 14.4 Å². The van der Waals surface area contributed by atoms with Crippen molar-refractivity contribution in [1.82, 2.24) is 0 Å². The van der Waals surface area contributed by atoms with E-state index in [0.717, 1.165) is 50.8 Å². The van der Waals surface area contributed by atoms with E-state index >= 15 is 0 Å². The summed E-state index contributed by atoms with van der Waals surface area (Å²) in [6.07, 6.45) is 11.8. The summed E-state index contributed by atoms with van der Waals surface area (Å²) < 4.78 is 14.8. The lowest BCUT2D eigenvalue weighted by Gasteiger charge is -2.00. The number of benzene rings is 6. The Hall–Kier alpha value is -8.78. The van der Waals surface area contributed by atoms with Crippen molar-refractivity contribution in [3.8, 4) is 35.5 Å². The number of esters is 3. The van der Waals surface area contributed by atoms with Crippen molar-refractivity contribution in [2.45, 2.75) is 63.7 Å². The van der Waals surface area contributed by atoms with Gasteiger partial charge in [0.15, 0.2) is 0 Å². The predicted molar refractivity (Wildman–Crippen MR) is 298 cm³/mol. The predicted octanol–water partition coefficient (Wildman–Crippen LogP) is 13.1. The largest absolute Gasteiger partial charge is 0.462 e. The molecule has 0 saturated carbocycles. The number of rotatable bonds is 12. The highest BCUT2D eigenvalue weighted by atomic mass is 16.5. The molecule has 0 aliphatic rings. The maximum atomic E-state index is 11.5. The SMILES string of the molecule is C.C.C.C.CCOC(=O)c1ccc(C#C/C=C/c2ccc(CO)cc2)cc1.CCOC(=O)c1ccc(C#C/C=C\c2ccc(CO)cc2)cc1.CCOC(=O)c1ccc(C#CC=Cc2ccc(C=O)cc2)cc1. The Balaban J connectivity index is 0.00000104. The molecule has 0 atom stereocenters. The van der Waals surface area contributed by atoms with Crippen LogP contribution in [0.4, 0.5) is 0 Å². The molecule has 6 aromatic carbocycles. The van der Waals surface area contributed by atoms with Crippen LogP contribution in [0.25, 0.3) is 18.2 Å². The van der Waals surface area contributed by atoms with Crippen molar-refractivity contribution in [2.24, 2.45) is 0 Å². The first-order chi connectivity index (χ1) is 33.7. The lowest BCUT2D eigenvalue weighted by molar-refractivity contribution is 0.0516. The van der Waals surface area contributed by atoms with Crippen molar-refractivity contribution in [3.63, 3.8) is 0 Å². The van der Waals surface area contributed by atoms with Crippen LogP contribution < -0.4 is 0 Å². The van der Waals surface area contributed by atoms with Gasteiger partial charge in [-0.05, 0) is 158 Å². The van der Waals surface area contributed by atoms with Crippen LogP contribution >= 0.6 is 0 Å². The fourth-order valence-electron chi connectivity index (χ4n) is 5.65. The van der Waals surface area contributed by atoms with Crippen LogP contribution in [0.15, 0.2) is 164 Å². The van der Waals surface area contributed by atoms with Crippen LogP contribution in [0.2, 0.25) is 0 Å². The molecule has 0 heterocycles. The van der Waals surface area contributed by atoms with Crippen molar-refractivity contribution in [2.75, 3.05) is 19.8 Å². The van der Waals surface area contributed by atoms with Crippen LogP contribution in [0, 0.1) is 35.5 Å². The molecular weight excluding hydrogens is 913 g/mol. The highest BCUT2D eigenvalue weighted by Gasteiger charge is 2.06. The first-order valence-electron chi connectivity index (χ1n) is 22.0. The number of aldehydes is 1. The minimum Gasteiger partial charge on any atom is -0.462 e. The monoisotopic (exact) mass is 980 g/mol. The molecule has 0 aromatic heterocycles. The Morgan fingerprint density at radius 2 is 0.644 bits per heavy atom. The third-order valence-corrected chi connectivity index (χ3v) is 9.31. The molecule has 0 radical (unpaired) electrons. The molecular formula is C64H68O9. The summed E-state index contributed by atoms with van der Waals surface area (Å²) in [5.74, 6) is 16.9. The number of carbonyl (C=O) groups excluding carboxylic acids is 4. The highest BCUT2D eigenvalue weighted by Crippen LogP contribution is 2.10. The molecule has 9 nitrogen and oxygen atoms in total. The molecule has 73 heavy (non-hydrogen) atoms. The second-order valence-electron chi connectivity index (χ2n) is 14.3. The van der Waals surface area contributed by atoms with Gasteiger partial charge in [0.1, 0.15) is 6.29 Å². The Labute approximate surface area is 433 Å². The van der Waals surface area contributed by atoms with Crippen LogP contribution in [-0.2, 0) is 27.4 Å². The maximum absolute atomic E-state index is 11.5. The fraction of sp³-hybridized carbons (Fsp3) is 0.188. The van der Waals surface area contributed by atoms with E-state index in [2.05, 4.69) is 35.5 Å². The summed E-state index contributed by atoms with van der Waals surface area (Å²) in [7, 11) is 0. The number of aliphatic hydroxyl groups is 2. The number of carbonyl (C=O) groups is 4. The molecule has 0 unspecified atom stereocenters. The maximum Gasteiger partial charge on any atom is 0.338 e. The van der Waals surface area contributed by atoms with Gasteiger partial charge in [-0.1, -0.05) is 138 Å². The topological polar surface area (TPSA) is 136 Å². The Morgan fingerprint density at radius 3 is 0.877 bits per heavy atom. The van der Waals surface area contributed by atoms with Gasteiger partial charge in [-0.15, -0.1) is 0 Å². The van der Waals surface area contributed by atoms with Crippen molar-refractivity contribution < 1.29 is 43.6 Å². The molecule has 9 heteroatoms. The Kier molecular flexibility index (Phi) is 32.6. The number of hydrogen-bond donors (Lipinski definition) is 2. The van der Waals surface area contributed by atoms with Gasteiger partial charge in [0.2, 0.25) is 0 Å². The molecule has 2 N–H and O–H groups in total. The van der Waals surface area contributed by atoms with Crippen molar-refractivity contribution in [1.29, 1.82) is 0 Å². The van der Waals surface area contributed by atoms with E-state index in [1.54, 1.807) is 124 Å². The first-order valence-corrected chi connectivity index (χ1v) is 22.0. The standard InChI is InChI=1S/2C20H18O3.C20H16O3.4CH4/c3*1-2-23-20(22)19-13-11-17(12-14-19)6-4-3-5-16-7-9-18(15-21)10-8-16;;;;/h2*3,5,7-14,21H,2,15H2,1H3;3,5,7-15H,2H2,1H3;4*1H4/b5-3+;5-3-;;;;;. The zero-order valence-corrected chi connectivity index (χ0v) is 38.7. The number of hydrogen-bond acceptors (Lipinski definition) is 9. The highest BCUT2D eigenvalue weighted by molar-refractivity contribution is 5.90. The van der Waals surface area contributed by atoms with Gasteiger partial charge in [-0.3, -0.25) is 4.79 Å². The van der Waals surface area contributed by atoms with Crippen LogP contribution in [0.1, 0.15) is 136 Å². The molecule has 0 aliphatic carbocycles. The summed E-state index contributed by atoms with van der Waals surface area (Å²) >= 11 is 0. The van der Waals surface area contributed by atoms with Gasteiger partial charge >= 0.3 is 17.9 Å². The van der Waals surface area contributed by atoms with Crippen LogP contribution in [-0.4, -0.2) is 54.2 Å². The number of ether oxygens (including phenoxy) is 3. The Morgan fingerprint density at radius 1 is 0.397 bits per heavy atom. The van der Waals surface area contributed by atoms with E-state index in [1.165, 1.54) is 0 Å². The summed E-state index contributed by atoms with van der Waals surface area (Å²) in [4.78, 5) is 45.2. The molecule has 0 aliphatic heterocycles. The van der Waals surface area contributed by atoms with E-state index < -0.39 is 0 Å². The quantitative estimate of drug-likeness (QED) is 0.0531. The first kappa shape index (κ1) is 64.2. The Bertz CT molecular complexity index is 2720. The second kappa shape index (κ2) is 37.1. The van der Waals surface area contributed by atoms with E-state index in [-0.39, 0.29) is 60.8 Å². The minimum atomic E-state index is -0.328. The van der Waals surface area contributed by atoms with Gasteiger partial charge in [0.25, 0.3) is 0 Å². The summed E-state index contributed by atoms with van der Waals surface area (Å²) in [5.41, 5.74) is 9.48. The van der Waals surface area contributed by atoms with Crippen molar-refractivity contribution in [3.05, 3.63) is 231 Å². The van der Waals surface area contributed by atoms with E-state index in [4.69, 9.17) is 24.4 Å². The van der Waals surface area contributed by atoms with Gasteiger partial charge < -0.3 is 24.4 Å². The molecule has 6 aromatic rings. The molecule has 6 rings (SSSR count). The summed E-state index contributed by atoms with van der Waals surface area (Å²) in [6.45, 7) is 6.52. The average molecular weight is 981 g/mol. The fourth-order valence-corrected chi connectivity index (χ4v) is 5.65. The van der Waals surface area contributed by atoms with Crippen LogP contribution in [0.3, 0.4) is 0 Å². The molecule has 0 amide bonds. The molecule has 0 fully saturated rings. The van der Waals surface area contributed by atoms with E-state index in [1.807, 2.05) is 78.9 Å². The zero-order chi connectivity index (χ0) is 49.5. The number of aliphatic hydroxyl groups excluding tert-OH is 2. The molecule has 0 spiro atoms. The average Bonchev–Trinajstić information content (AvgIpc) is 3.39. The molecule has 0 bridgehead atoms. The second-order valence-corrected chi connectivity index (χ2v) is 14.3. The normalized spacial score (nSPS) is 9.55.